The van der Waals surface area contributed by atoms with Gasteiger partial charge in [-0.2, -0.15) is 17.9 Å². The van der Waals surface area contributed by atoms with Crippen LogP contribution in [0.3, 0.4) is 0 Å². The molecule has 1 aliphatic heterocycles. The van der Waals surface area contributed by atoms with Crippen molar-refractivity contribution in [1.82, 2.24) is 9.62 Å². The van der Waals surface area contributed by atoms with E-state index in [-0.39, 0.29) is 29.3 Å². The second-order valence-electron chi connectivity index (χ2n) is 9.79. The number of nitrogens with zero attached hydrogens (tertiary/aromatic N) is 2. The number of halogens is 3. The maximum atomic E-state index is 13.6. The standard InChI is InChI=1S/C27H28F3N3O5S2/c1-32(2)22-6-4-5-20(15-22)25(19-8-10-23(11-9-19)39(3,35)36)31-40(37,38)24-12-7-18-13-14-33(17-21(18)16-24)26(34)27(28,29)30/h4-12,15-16,25,31H,13-14,17H2,1-3H3. The number of amides is 1. The van der Waals surface area contributed by atoms with E-state index in [0.29, 0.717) is 27.2 Å². The molecule has 1 unspecified atom stereocenters. The van der Waals surface area contributed by atoms with Crippen molar-refractivity contribution in [1.29, 1.82) is 0 Å². The molecule has 13 heteroatoms. The number of alkyl halides is 3. The highest BCUT2D eigenvalue weighted by atomic mass is 32.2. The zero-order valence-electron chi connectivity index (χ0n) is 21.9. The largest absolute Gasteiger partial charge is 0.471 e. The van der Waals surface area contributed by atoms with Gasteiger partial charge >= 0.3 is 12.1 Å². The van der Waals surface area contributed by atoms with Crippen molar-refractivity contribution in [3.63, 3.8) is 0 Å². The summed E-state index contributed by atoms with van der Waals surface area (Å²) >= 11 is 0. The van der Waals surface area contributed by atoms with Crippen molar-refractivity contribution >= 4 is 31.5 Å². The molecule has 1 N–H and O–H groups in total. The molecule has 8 nitrogen and oxygen atoms in total. The third-order valence-electron chi connectivity index (χ3n) is 6.66. The van der Waals surface area contributed by atoms with E-state index in [4.69, 9.17) is 0 Å². The summed E-state index contributed by atoms with van der Waals surface area (Å²) in [5, 5.41) is 0. The Kier molecular flexibility index (Phi) is 8.03. The molecular formula is C27H28F3N3O5S2. The van der Waals surface area contributed by atoms with Crippen LogP contribution >= 0.6 is 0 Å². The van der Waals surface area contributed by atoms with Gasteiger partial charge in [0.1, 0.15) is 0 Å². The minimum Gasteiger partial charge on any atom is -0.378 e. The second kappa shape index (κ2) is 10.9. The van der Waals surface area contributed by atoms with E-state index in [9.17, 15) is 34.8 Å². The maximum Gasteiger partial charge on any atom is 0.471 e. The third kappa shape index (κ3) is 6.48. The third-order valence-corrected chi connectivity index (χ3v) is 9.21. The van der Waals surface area contributed by atoms with Crippen LogP contribution in [0.15, 0.2) is 76.5 Å². The highest BCUT2D eigenvalue weighted by Gasteiger charge is 2.43. The van der Waals surface area contributed by atoms with E-state index in [1.165, 1.54) is 36.4 Å². The number of hydrogen-bond donors (Lipinski definition) is 1. The first-order chi connectivity index (χ1) is 18.6. The minimum atomic E-state index is -5.02. The topological polar surface area (TPSA) is 104 Å². The van der Waals surface area contributed by atoms with E-state index in [2.05, 4.69) is 4.72 Å². The molecular weight excluding hydrogens is 567 g/mol. The number of sulfone groups is 1. The van der Waals surface area contributed by atoms with E-state index < -0.39 is 38.0 Å². The number of carbonyl (C=O) groups excluding carboxylic acids is 1. The average Bonchev–Trinajstić information content (AvgIpc) is 2.89. The molecule has 1 atom stereocenters. The predicted octanol–water partition coefficient (Wildman–Crippen LogP) is 3.67. The van der Waals surface area contributed by atoms with Gasteiger partial charge in [0.25, 0.3) is 0 Å². The molecule has 0 saturated carbocycles. The number of carbonyl (C=O) groups is 1. The first-order valence-corrected chi connectivity index (χ1v) is 15.5. The quantitative estimate of drug-likeness (QED) is 0.447. The number of nitrogens with one attached hydrogen (secondary N) is 1. The molecule has 0 fully saturated rings. The lowest BCUT2D eigenvalue weighted by molar-refractivity contribution is -0.186. The Labute approximate surface area is 231 Å². The van der Waals surface area contributed by atoms with Gasteiger partial charge in [0, 0.05) is 39.1 Å². The van der Waals surface area contributed by atoms with Crippen molar-refractivity contribution in [3.05, 3.63) is 89.0 Å². The second-order valence-corrected chi connectivity index (χ2v) is 13.5. The molecule has 0 aromatic heterocycles. The summed E-state index contributed by atoms with van der Waals surface area (Å²) in [7, 11) is -4.05. The van der Waals surface area contributed by atoms with Crippen LogP contribution in [-0.2, 0) is 37.6 Å². The van der Waals surface area contributed by atoms with Crippen molar-refractivity contribution in [3.8, 4) is 0 Å². The number of sulfonamides is 1. The smallest absolute Gasteiger partial charge is 0.378 e. The SMILES string of the molecule is CN(C)c1cccc(C(NS(=O)(=O)c2ccc3c(c2)CN(C(=O)C(F)(F)F)CC3)c2ccc(S(C)(=O)=O)cc2)c1. The zero-order chi connectivity index (χ0) is 29.5. The fourth-order valence-corrected chi connectivity index (χ4v) is 6.39. The first-order valence-electron chi connectivity index (χ1n) is 12.1. The van der Waals surface area contributed by atoms with Crippen molar-refractivity contribution in [2.45, 2.75) is 35.0 Å². The number of rotatable bonds is 7. The summed E-state index contributed by atoms with van der Waals surface area (Å²) in [6.07, 6.45) is -3.79. The van der Waals surface area contributed by atoms with Gasteiger partial charge in [-0.3, -0.25) is 4.79 Å². The van der Waals surface area contributed by atoms with E-state index >= 15 is 0 Å². The van der Waals surface area contributed by atoms with Crippen LogP contribution in [-0.4, -0.2) is 60.7 Å². The molecule has 0 spiro atoms. The Hall–Kier alpha value is -3.42. The summed E-state index contributed by atoms with van der Waals surface area (Å²) in [5.41, 5.74) is 2.85. The number of benzene rings is 3. The molecule has 0 bridgehead atoms. The Balaban J connectivity index is 1.71. The van der Waals surface area contributed by atoms with Gasteiger partial charge in [0.05, 0.1) is 15.8 Å². The summed E-state index contributed by atoms with van der Waals surface area (Å²) in [5.74, 6) is -1.97. The van der Waals surface area contributed by atoms with Gasteiger partial charge in [0.2, 0.25) is 10.0 Å². The Bertz CT molecular complexity index is 1640. The van der Waals surface area contributed by atoms with Crippen LogP contribution in [0.25, 0.3) is 0 Å². The lowest BCUT2D eigenvalue weighted by Gasteiger charge is -2.30. The Morgan fingerprint density at radius 2 is 1.55 bits per heavy atom. The van der Waals surface area contributed by atoms with Crippen molar-refractivity contribution < 1.29 is 34.8 Å². The Morgan fingerprint density at radius 3 is 2.15 bits per heavy atom. The Morgan fingerprint density at radius 1 is 0.900 bits per heavy atom. The van der Waals surface area contributed by atoms with Crippen LogP contribution < -0.4 is 9.62 Å². The van der Waals surface area contributed by atoms with Crippen LogP contribution in [0.5, 0.6) is 0 Å². The van der Waals surface area contributed by atoms with Crippen LogP contribution in [0.2, 0.25) is 0 Å². The van der Waals surface area contributed by atoms with E-state index in [0.717, 1.165) is 11.9 Å². The van der Waals surface area contributed by atoms with E-state index in [1.807, 2.05) is 25.1 Å². The summed E-state index contributed by atoms with van der Waals surface area (Å²) in [6.45, 7) is -0.484. The number of fused-ring (bicyclic) bond motifs is 1. The minimum absolute atomic E-state index is 0.0764. The molecule has 0 aliphatic carbocycles. The lowest BCUT2D eigenvalue weighted by atomic mass is 9.99. The van der Waals surface area contributed by atoms with Gasteiger partial charge in [0.15, 0.2) is 9.84 Å². The van der Waals surface area contributed by atoms with Gasteiger partial charge in [-0.15, -0.1) is 0 Å². The first kappa shape index (κ1) is 29.6. The molecule has 0 saturated heterocycles. The molecule has 1 amide bonds. The molecule has 3 aromatic carbocycles. The summed E-state index contributed by atoms with van der Waals surface area (Å²) < 4.78 is 92.7. The molecule has 3 aromatic rings. The summed E-state index contributed by atoms with van der Waals surface area (Å²) in [6, 6.07) is 16.3. The summed E-state index contributed by atoms with van der Waals surface area (Å²) in [4.78, 5) is 14.2. The molecule has 1 aliphatic rings. The average molecular weight is 596 g/mol. The van der Waals surface area contributed by atoms with Crippen LogP contribution in [0.4, 0.5) is 18.9 Å². The van der Waals surface area contributed by atoms with Crippen molar-refractivity contribution in [2.24, 2.45) is 0 Å². The number of anilines is 1. The highest BCUT2D eigenvalue weighted by molar-refractivity contribution is 7.90. The normalized spacial score (nSPS) is 14.9. The van der Waals surface area contributed by atoms with Gasteiger partial charge in [-0.05, 0) is 65.1 Å². The van der Waals surface area contributed by atoms with Gasteiger partial charge in [-0.25, -0.2) is 16.8 Å². The fourth-order valence-electron chi connectivity index (χ4n) is 4.49. The predicted molar refractivity (Wildman–Crippen MR) is 144 cm³/mol. The molecule has 4 rings (SSSR count). The van der Waals surface area contributed by atoms with Crippen molar-refractivity contribution in [2.75, 3.05) is 31.8 Å². The van der Waals surface area contributed by atoms with Crippen LogP contribution in [0, 0.1) is 0 Å². The molecule has 1 heterocycles. The zero-order valence-corrected chi connectivity index (χ0v) is 23.6. The molecule has 0 radical (unpaired) electrons. The highest BCUT2D eigenvalue weighted by Crippen LogP contribution is 2.30. The maximum absolute atomic E-state index is 13.6. The molecule has 40 heavy (non-hydrogen) atoms. The fraction of sp³-hybridized carbons (Fsp3) is 0.296. The monoisotopic (exact) mass is 595 g/mol. The number of hydrogen-bond acceptors (Lipinski definition) is 6. The van der Waals surface area contributed by atoms with Crippen LogP contribution in [0.1, 0.15) is 28.3 Å². The van der Waals surface area contributed by atoms with Gasteiger partial charge < -0.3 is 9.80 Å². The van der Waals surface area contributed by atoms with Gasteiger partial charge in [-0.1, -0.05) is 30.3 Å². The lowest BCUT2D eigenvalue weighted by Crippen LogP contribution is -2.43. The molecule has 214 valence electrons. The van der Waals surface area contributed by atoms with E-state index in [1.54, 1.807) is 24.3 Å².